The van der Waals surface area contributed by atoms with Crippen LogP contribution in [0.25, 0.3) is 33.2 Å². The largest absolute Gasteiger partial charge is 0.456 e. The second-order valence-electron chi connectivity index (χ2n) is 7.60. The molecule has 0 aliphatic rings. The van der Waals surface area contributed by atoms with Crippen LogP contribution in [0, 0.1) is 5.41 Å². The zero-order valence-corrected chi connectivity index (χ0v) is 17.2. The molecular formula is C25H21N5O2. The van der Waals surface area contributed by atoms with E-state index >= 15 is 0 Å². The van der Waals surface area contributed by atoms with Crippen LogP contribution in [-0.2, 0) is 6.42 Å². The molecule has 1 amide bonds. The molecule has 3 heterocycles. The molecule has 7 nitrogen and oxygen atoms in total. The predicted molar refractivity (Wildman–Crippen MR) is 125 cm³/mol. The molecule has 0 radical (unpaired) electrons. The summed E-state index contributed by atoms with van der Waals surface area (Å²) in [5.41, 5.74) is 10.6. The first-order valence-corrected chi connectivity index (χ1v) is 10.2. The highest BCUT2D eigenvalue weighted by atomic mass is 16.3. The smallest absolute Gasteiger partial charge is 0.251 e. The molecule has 0 saturated carbocycles. The number of amides is 1. The molecule has 158 valence electrons. The number of carbonyl (C=O) groups is 1. The molecule has 0 aliphatic heterocycles. The van der Waals surface area contributed by atoms with Crippen molar-refractivity contribution in [2.45, 2.75) is 6.42 Å². The monoisotopic (exact) mass is 423 g/mol. The summed E-state index contributed by atoms with van der Waals surface area (Å²) >= 11 is 0. The summed E-state index contributed by atoms with van der Waals surface area (Å²) in [5.74, 6) is 0.645. The Bertz CT molecular complexity index is 1410. The van der Waals surface area contributed by atoms with E-state index in [1.54, 1.807) is 30.7 Å². The lowest BCUT2D eigenvalue weighted by molar-refractivity contribution is 0.0954. The number of hydrogen-bond donors (Lipinski definition) is 4. The van der Waals surface area contributed by atoms with E-state index in [1.807, 2.05) is 42.5 Å². The lowest BCUT2D eigenvalue weighted by Gasteiger charge is -2.07. The van der Waals surface area contributed by atoms with E-state index in [2.05, 4.69) is 15.3 Å². The Morgan fingerprint density at radius 2 is 1.97 bits per heavy atom. The Morgan fingerprint density at radius 1 is 1.12 bits per heavy atom. The van der Waals surface area contributed by atoms with Crippen molar-refractivity contribution in [1.29, 1.82) is 5.41 Å². The average Bonchev–Trinajstić information content (AvgIpc) is 3.43. The minimum absolute atomic E-state index is 0.0319. The summed E-state index contributed by atoms with van der Waals surface area (Å²) in [7, 11) is 0. The van der Waals surface area contributed by atoms with Gasteiger partial charge in [0.1, 0.15) is 17.2 Å². The van der Waals surface area contributed by atoms with Crippen LogP contribution < -0.4 is 11.1 Å². The topological polar surface area (TPSA) is 121 Å². The van der Waals surface area contributed by atoms with Gasteiger partial charge in [0.2, 0.25) is 0 Å². The van der Waals surface area contributed by atoms with Crippen molar-refractivity contribution in [3.8, 4) is 11.3 Å². The molecule has 0 unspecified atom stereocenters. The molecule has 3 aromatic heterocycles. The predicted octanol–water partition coefficient (Wildman–Crippen LogP) is 4.23. The number of nitrogen functional groups attached to an aromatic ring is 1. The van der Waals surface area contributed by atoms with Gasteiger partial charge in [-0.15, -0.1) is 0 Å². The number of fused-ring (bicyclic) bond motifs is 2. The zero-order valence-electron chi connectivity index (χ0n) is 17.2. The third kappa shape index (κ3) is 3.72. The highest BCUT2D eigenvalue weighted by molar-refractivity contribution is 6.07. The first kappa shape index (κ1) is 19.6. The van der Waals surface area contributed by atoms with Gasteiger partial charge in [-0.3, -0.25) is 15.2 Å². The highest BCUT2D eigenvalue weighted by Crippen LogP contribution is 2.27. The van der Waals surface area contributed by atoms with Gasteiger partial charge in [-0.05, 0) is 48.4 Å². The molecule has 0 aliphatic carbocycles. The summed E-state index contributed by atoms with van der Waals surface area (Å²) in [4.78, 5) is 19.8. The Morgan fingerprint density at radius 3 is 2.75 bits per heavy atom. The molecule has 32 heavy (non-hydrogen) atoms. The number of pyridine rings is 1. The van der Waals surface area contributed by atoms with Gasteiger partial charge in [-0.1, -0.05) is 18.2 Å². The molecule has 0 spiro atoms. The van der Waals surface area contributed by atoms with Crippen LogP contribution in [0.5, 0.6) is 0 Å². The third-order valence-corrected chi connectivity index (χ3v) is 5.48. The van der Waals surface area contributed by atoms with Gasteiger partial charge < -0.3 is 20.5 Å². The van der Waals surface area contributed by atoms with Gasteiger partial charge in [0.15, 0.2) is 0 Å². The summed E-state index contributed by atoms with van der Waals surface area (Å²) in [6.07, 6.45) is 5.88. The Balaban J connectivity index is 1.23. The number of benzene rings is 2. The highest BCUT2D eigenvalue weighted by Gasteiger charge is 2.10. The SMILES string of the molecule is N=C(N)c1c[nH]c2ccc(CCNC(=O)c3ccc(-c4cc5cnccc5o4)cc3)cc12. The van der Waals surface area contributed by atoms with Crippen LogP contribution in [0.1, 0.15) is 21.5 Å². The van der Waals surface area contributed by atoms with Crippen molar-refractivity contribution < 1.29 is 9.21 Å². The van der Waals surface area contributed by atoms with E-state index in [9.17, 15) is 4.79 Å². The van der Waals surface area contributed by atoms with E-state index in [-0.39, 0.29) is 11.7 Å². The second kappa shape index (κ2) is 8.03. The van der Waals surface area contributed by atoms with E-state index in [4.69, 9.17) is 15.6 Å². The van der Waals surface area contributed by atoms with Crippen LogP contribution in [-0.4, -0.2) is 28.3 Å². The summed E-state index contributed by atoms with van der Waals surface area (Å²) in [5, 5.41) is 12.5. The van der Waals surface area contributed by atoms with Gasteiger partial charge in [0, 0.05) is 58.1 Å². The molecule has 0 saturated heterocycles. The number of nitrogens with two attached hydrogens (primary N) is 1. The third-order valence-electron chi connectivity index (χ3n) is 5.48. The number of furan rings is 1. The van der Waals surface area contributed by atoms with Crippen LogP contribution in [0.4, 0.5) is 0 Å². The summed E-state index contributed by atoms with van der Waals surface area (Å²) < 4.78 is 5.85. The fourth-order valence-corrected chi connectivity index (χ4v) is 3.78. The van der Waals surface area contributed by atoms with Crippen LogP contribution in [0.15, 0.2) is 77.6 Å². The molecule has 0 atom stereocenters. The summed E-state index contributed by atoms with van der Waals surface area (Å²) in [6.45, 7) is 0.502. The molecule has 2 aromatic carbocycles. The molecule has 5 aromatic rings. The standard InChI is InChI=1S/C25H21N5O2/c26-24(27)20-14-30-21-6-1-15(11-19(20)21)7-10-29-25(31)17-4-2-16(3-5-17)23-12-18-13-28-9-8-22(18)32-23/h1-6,8-9,11-14,30H,7,10H2,(H3,26,27)(H,29,31). The zero-order chi connectivity index (χ0) is 22.1. The van der Waals surface area contributed by atoms with Gasteiger partial charge in [-0.25, -0.2) is 0 Å². The number of aromatic nitrogens is 2. The maximum absolute atomic E-state index is 12.5. The maximum atomic E-state index is 12.5. The lowest BCUT2D eigenvalue weighted by atomic mass is 10.1. The number of aromatic amines is 1. The number of amidine groups is 1. The second-order valence-corrected chi connectivity index (χ2v) is 7.60. The van der Waals surface area contributed by atoms with Gasteiger partial charge >= 0.3 is 0 Å². The summed E-state index contributed by atoms with van der Waals surface area (Å²) in [6, 6.07) is 17.1. The maximum Gasteiger partial charge on any atom is 0.251 e. The normalized spacial score (nSPS) is 11.1. The van der Waals surface area contributed by atoms with Crippen molar-refractivity contribution >= 4 is 33.6 Å². The Labute approximate surface area is 183 Å². The molecule has 5 N–H and O–H groups in total. The van der Waals surface area contributed by atoms with Crippen molar-refractivity contribution in [3.63, 3.8) is 0 Å². The van der Waals surface area contributed by atoms with Gasteiger partial charge in [-0.2, -0.15) is 0 Å². The average molecular weight is 423 g/mol. The number of rotatable bonds is 6. The first-order chi connectivity index (χ1) is 15.6. The van der Waals surface area contributed by atoms with Crippen molar-refractivity contribution in [3.05, 3.63) is 89.9 Å². The van der Waals surface area contributed by atoms with Crippen LogP contribution >= 0.6 is 0 Å². The Hall–Kier alpha value is -4.39. The minimum atomic E-state index is -0.127. The molecule has 7 heteroatoms. The molecule has 5 rings (SSSR count). The van der Waals surface area contributed by atoms with E-state index in [1.165, 1.54) is 0 Å². The Kier molecular flexibility index (Phi) is 4.91. The number of carbonyl (C=O) groups excluding carboxylic acids is 1. The van der Waals surface area contributed by atoms with E-state index in [0.29, 0.717) is 24.1 Å². The number of H-pyrrole nitrogens is 1. The van der Waals surface area contributed by atoms with Gasteiger partial charge in [0.05, 0.1) is 0 Å². The molecule has 0 bridgehead atoms. The van der Waals surface area contributed by atoms with E-state index < -0.39 is 0 Å². The molecule has 0 fully saturated rings. The number of nitrogens with zero attached hydrogens (tertiary/aromatic N) is 1. The van der Waals surface area contributed by atoms with Gasteiger partial charge in [0.25, 0.3) is 5.91 Å². The van der Waals surface area contributed by atoms with Crippen molar-refractivity contribution in [2.75, 3.05) is 6.54 Å². The number of nitrogens with one attached hydrogen (secondary N) is 3. The fourth-order valence-electron chi connectivity index (χ4n) is 3.78. The molecular weight excluding hydrogens is 402 g/mol. The lowest BCUT2D eigenvalue weighted by Crippen LogP contribution is -2.25. The van der Waals surface area contributed by atoms with Crippen LogP contribution in [0.2, 0.25) is 0 Å². The number of hydrogen-bond acceptors (Lipinski definition) is 4. The minimum Gasteiger partial charge on any atom is -0.456 e. The van der Waals surface area contributed by atoms with Crippen molar-refractivity contribution in [1.82, 2.24) is 15.3 Å². The van der Waals surface area contributed by atoms with Crippen LogP contribution in [0.3, 0.4) is 0 Å². The fraction of sp³-hybridized carbons (Fsp3) is 0.0800. The van der Waals surface area contributed by atoms with Crippen molar-refractivity contribution in [2.24, 2.45) is 5.73 Å². The quantitative estimate of drug-likeness (QED) is 0.241. The van der Waals surface area contributed by atoms with E-state index in [0.717, 1.165) is 38.8 Å². The first-order valence-electron chi connectivity index (χ1n) is 10.2.